The Morgan fingerprint density at radius 2 is 0.830 bits per heavy atom. The zero-order chi connectivity index (χ0) is 36.8. The van der Waals surface area contributed by atoms with Gasteiger partial charge in [0.2, 0.25) is 0 Å². The molecule has 4 atom stereocenters. The number of esters is 2. The maximum Gasteiger partial charge on any atom is 0.310 e. The Kier molecular flexibility index (Phi) is 12.9. The smallest absolute Gasteiger partial charge is 0.310 e. The molecule has 0 saturated heterocycles. The first-order valence-corrected chi connectivity index (χ1v) is 17.7. The zero-order valence-electron chi connectivity index (χ0n) is 29.2. The van der Waals surface area contributed by atoms with Crippen LogP contribution in [0.25, 0.3) is 22.3 Å². The van der Waals surface area contributed by atoms with E-state index in [9.17, 15) is 9.59 Å². The topological polar surface area (TPSA) is 137 Å². The first-order valence-electron chi connectivity index (χ1n) is 17.7. The van der Waals surface area contributed by atoms with E-state index in [1.54, 1.807) is 24.3 Å². The maximum absolute atomic E-state index is 13.1. The molecule has 0 unspecified atom stereocenters. The van der Waals surface area contributed by atoms with Crippen molar-refractivity contribution in [1.29, 1.82) is 10.5 Å². The van der Waals surface area contributed by atoms with Gasteiger partial charge in [-0.15, -0.1) is 0 Å². The molecule has 0 aliphatic heterocycles. The van der Waals surface area contributed by atoms with Crippen molar-refractivity contribution in [3.05, 3.63) is 120 Å². The number of benzene rings is 4. The van der Waals surface area contributed by atoms with Gasteiger partial charge in [0.05, 0.1) is 61.5 Å². The van der Waals surface area contributed by atoms with Gasteiger partial charge in [0.1, 0.15) is 37.9 Å². The number of allylic oxidation sites excluding steroid dienone is 2. The summed E-state index contributed by atoms with van der Waals surface area (Å²) in [6.07, 6.45) is 4.72. The Bertz CT molecular complexity index is 1790. The van der Waals surface area contributed by atoms with Gasteiger partial charge < -0.3 is 28.4 Å². The molecule has 53 heavy (non-hydrogen) atoms. The van der Waals surface area contributed by atoms with Crippen LogP contribution in [0.4, 0.5) is 0 Å². The molecule has 2 aliphatic rings. The lowest BCUT2D eigenvalue weighted by Gasteiger charge is -2.25. The lowest BCUT2D eigenvalue weighted by molar-refractivity contribution is -0.163. The van der Waals surface area contributed by atoms with Crippen molar-refractivity contribution in [2.24, 2.45) is 23.7 Å². The highest BCUT2D eigenvalue weighted by Crippen LogP contribution is 2.49. The van der Waals surface area contributed by atoms with Crippen LogP contribution < -0.4 is 9.47 Å². The molecule has 0 N–H and O–H groups in total. The summed E-state index contributed by atoms with van der Waals surface area (Å²) in [6.45, 7) is 1.89. The highest BCUT2D eigenvalue weighted by atomic mass is 16.6. The number of nitriles is 2. The molecule has 0 radical (unpaired) electrons. The predicted octanol–water partition coefficient (Wildman–Crippen LogP) is 6.78. The van der Waals surface area contributed by atoms with Crippen molar-refractivity contribution in [1.82, 2.24) is 0 Å². The molecule has 270 valence electrons. The molecule has 10 heteroatoms. The molecule has 2 aliphatic carbocycles. The van der Waals surface area contributed by atoms with Crippen molar-refractivity contribution in [3.63, 3.8) is 0 Å². The van der Waals surface area contributed by atoms with Gasteiger partial charge in [0.15, 0.2) is 0 Å². The van der Waals surface area contributed by atoms with Crippen LogP contribution in [-0.2, 0) is 28.5 Å². The van der Waals surface area contributed by atoms with E-state index >= 15 is 0 Å². The lowest BCUT2D eigenvalue weighted by atomic mass is 9.83. The van der Waals surface area contributed by atoms with Crippen LogP contribution in [0.3, 0.4) is 0 Å². The monoisotopic (exact) mass is 712 g/mol. The largest absolute Gasteiger partial charge is 0.491 e. The van der Waals surface area contributed by atoms with Gasteiger partial charge in [-0.2, -0.15) is 10.5 Å². The van der Waals surface area contributed by atoms with Crippen LogP contribution in [0.1, 0.15) is 17.5 Å². The fourth-order valence-electron chi connectivity index (χ4n) is 6.66. The third kappa shape index (κ3) is 9.90. The summed E-state index contributed by atoms with van der Waals surface area (Å²) in [5.74, 6) is -0.659. The molecule has 0 heterocycles. The first-order chi connectivity index (χ1) is 26.0. The molecule has 10 nitrogen and oxygen atoms in total. The Morgan fingerprint density at radius 1 is 0.491 bits per heavy atom. The van der Waals surface area contributed by atoms with Crippen LogP contribution in [0.15, 0.2) is 109 Å². The van der Waals surface area contributed by atoms with E-state index in [4.69, 9.17) is 38.9 Å². The first kappa shape index (κ1) is 36.8. The van der Waals surface area contributed by atoms with E-state index in [0.29, 0.717) is 49.1 Å². The Labute approximate surface area is 309 Å². The Balaban J connectivity index is 0.826. The molecule has 0 amide bonds. The average molecular weight is 713 g/mol. The van der Waals surface area contributed by atoms with Crippen LogP contribution in [-0.4, -0.2) is 64.8 Å². The molecule has 6 rings (SSSR count). The fraction of sp³-hybridized carbons (Fsp3) is 0.302. The van der Waals surface area contributed by atoms with Crippen LogP contribution >= 0.6 is 0 Å². The van der Waals surface area contributed by atoms with Gasteiger partial charge in [-0.25, -0.2) is 0 Å². The number of carbonyl (C=O) groups is 2. The molecule has 0 aromatic heterocycles. The second-order valence-corrected chi connectivity index (χ2v) is 12.7. The van der Waals surface area contributed by atoms with E-state index in [1.807, 2.05) is 84.9 Å². The molecular formula is C43H40N2O8. The summed E-state index contributed by atoms with van der Waals surface area (Å²) in [5.41, 5.74) is 5.32. The summed E-state index contributed by atoms with van der Waals surface area (Å²) in [7, 11) is 0. The highest BCUT2D eigenvalue weighted by molar-refractivity contribution is 5.84. The number of carbonyl (C=O) groups excluding carboxylic acids is 2. The van der Waals surface area contributed by atoms with Crippen molar-refractivity contribution < 1.29 is 38.0 Å². The summed E-state index contributed by atoms with van der Waals surface area (Å²) in [5, 5.41) is 17.9. The van der Waals surface area contributed by atoms with E-state index in [0.717, 1.165) is 28.7 Å². The number of nitrogens with zero attached hydrogens (tertiary/aromatic N) is 2. The van der Waals surface area contributed by atoms with Crippen molar-refractivity contribution in [2.75, 3.05) is 52.9 Å². The Morgan fingerprint density at radius 3 is 1.19 bits per heavy atom. The van der Waals surface area contributed by atoms with Crippen LogP contribution in [0, 0.1) is 46.3 Å². The minimum Gasteiger partial charge on any atom is -0.491 e. The molecule has 0 spiro atoms. The van der Waals surface area contributed by atoms with Gasteiger partial charge >= 0.3 is 11.9 Å². The summed E-state index contributed by atoms with van der Waals surface area (Å²) >= 11 is 0. The number of ether oxygens (including phenoxy) is 6. The van der Waals surface area contributed by atoms with E-state index < -0.39 is 23.8 Å². The molecule has 4 aromatic rings. The molecule has 1 saturated carbocycles. The Hall–Kier alpha value is -5.94. The van der Waals surface area contributed by atoms with Crippen LogP contribution in [0.2, 0.25) is 0 Å². The van der Waals surface area contributed by atoms with Crippen molar-refractivity contribution in [2.45, 2.75) is 6.42 Å². The predicted molar refractivity (Wildman–Crippen MR) is 195 cm³/mol. The van der Waals surface area contributed by atoms with Crippen molar-refractivity contribution in [3.8, 4) is 45.9 Å². The third-order valence-corrected chi connectivity index (χ3v) is 9.34. The van der Waals surface area contributed by atoms with Gasteiger partial charge in [-0.1, -0.05) is 60.7 Å². The average Bonchev–Trinajstić information content (AvgIpc) is 3.83. The number of fused-ring (bicyclic) bond motifs is 2. The minimum atomic E-state index is -0.578. The van der Waals surface area contributed by atoms with E-state index in [-0.39, 0.29) is 38.3 Å². The summed E-state index contributed by atoms with van der Waals surface area (Å²) in [4.78, 5) is 26.1. The second kappa shape index (κ2) is 18.5. The van der Waals surface area contributed by atoms with E-state index in [1.165, 1.54) is 0 Å². The highest BCUT2D eigenvalue weighted by Gasteiger charge is 2.53. The fourth-order valence-corrected chi connectivity index (χ4v) is 6.66. The lowest BCUT2D eigenvalue weighted by Crippen LogP contribution is -2.36. The van der Waals surface area contributed by atoms with Gasteiger partial charge in [0.25, 0.3) is 0 Å². The van der Waals surface area contributed by atoms with E-state index in [2.05, 4.69) is 12.1 Å². The molecule has 4 aromatic carbocycles. The quantitative estimate of drug-likeness (QED) is 0.0617. The standard InChI is InChI=1S/C43H40N2O8/c44-28-30-1-5-32(6-2-30)34-11-15-38(16-12-34)50-23-19-48-21-25-52-42(46)40-36-9-10-37(27-36)41(40)43(47)53-26-22-49-20-24-51-39-17-13-35(14-18-39)33-7-3-31(29-45)4-8-33/h1-18,36-37,40-41H,19-27H2/t36-,37+,40-,41-/m0/s1. The zero-order valence-corrected chi connectivity index (χ0v) is 29.2. The van der Waals surface area contributed by atoms with Gasteiger partial charge in [0, 0.05) is 0 Å². The van der Waals surface area contributed by atoms with Gasteiger partial charge in [-0.3, -0.25) is 9.59 Å². The van der Waals surface area contributed by atoms with Crippen molar-refractivity contribution >= 4 is 11.9 Å². The SMILES string of the molecule is N#Cc1ccc(-c2ccc(OCCOCCOC(=O)[C@@H]3[C@@H](C(=O)OCCOCCOc4ccc(-c5ccc(C#N)cc5)cc4)[C@H]4C=C[C@@H]3C4)cc2)cc1. The second-order valence-electron chi connectivity index (χ2n) is 12.7. The molecule has 2 bridgehead atoms. The van der Waals surface area contributed by atoms with Crippen LogP contribution in [0.5, 0.6) is 11.5 Å². The minimum absolute atomic E-state index is 0.0470. The summed E-state index contributed by atoms with van der Waals surface area (Å²) < 4.78 is 33.8. The molecular weight excluding hydrogens is 672 g/mol. The maximum atomic E-state index is 13.1. The normalized spacial score (nSPS) is 18.2. The molecule has 1 fully saturated rings. The number of hydrogen-bond acceptors (Lipinski definition) is 10. The number of hydrogen-bond donors (Lipinski definition) is 0. The third-order valence-electron chi connectivity index (χ3n) is 9.34. The van der Waals surface area contributed by atoms with Gasteiger partial charge in [-0.05, 0) is 89.0 Å². The number of rotatable bonds is 18. The summed E-state index contributed by atoms with van der Waals surface area (Å²) in [6, 6.07) is 34.4.